The number of aliphatic hydroxyl groups is 1. The first kappa shape index (κ1) is 7.55. The summed E-state index contributed by atoms with van der Waals surface area (Å²) >= 11 is 0. The Labute approximate surface area is 71.5 Å². The summed E-state index contributed by atoms with van der Waals surface area (Å²) in [5, 5.41) is 13.6. The second kappa shape index (κ2) is 3.11. The average Bonchev–Trinajstić information content (AvgIpc) is 2.92. The third-order valence-electron chi connectivity index (χ3n) is 2.13. The van der Waals surface area contributed by atoms with Gasteiger partial charge in [-0.3, -0.25) is 5.43 Å². The summed E-state index contributed by atoms with van der Waals surface area (Å²) in [6, 6.07) is 0. The zero-order chi connectivity index (χ0) is 8.39. The molecule has 0 aromatic heterocycles. The molecule has 0 amide bonds. The number of allylic oxidation sites excluding steroid dienone is 3. The third-order valence-corrected chi connectivity index (χ3v) is 2.13. The van der Waals surface area contributed by atoms with Crippen LogP contribution in [0.2, 0.25) is 0 Å². The molecule has 1 fully saturated rings. The Morgan fingerprint density at radius 3 is 3.08 bits per heavy atom. The number of hydrogen-bond acceptors (Lipinski definition) is 3. The number of aliphatic hydroxyl groups excluding tert-OH is 1. The molecule has 1 atom stereocenters. The molecular weight excluding hydrogens is 152 g/mol. The fourth-order valence-corrected chi connectivity index (χ4v) is 1.23. The molecular formula is C9H12N2O. The molecule has 0 aromatic rings. The fourth-order valence-electron chi connectivity index (χ4n) is 1.23. The lowest BCUT2D eigenvalue weighted by Crippen LogP contribution is -2.21. The maximum atomic E-state index is 9.70. The lowest BCUT2D eigenvalue weighted by Gasteiger charge is -2.11. The standard InChI is InChI=1S/C9H12N2O/c12-9(7-4-5-7)8-3-1-2-6-10-11-8/h1-3,6-7,9,11-12H,4-5H2. The van der Waals surface area contributed by atoms with E-state index in [2.05, 4.69) is 10.5 Å². The number of hydrogen-bond donors (Lipinski definition) is 2. The van der Waals surface area contributed by atoms with Crippen LogP contribution in [0.5, 0.6) is 0 Å². The van der Waals surface area contributed by atoms with Gasteiger partial charge in [0.15, 0.2) is 0 Å². The summed E-state index contributed by atoms with van der Waals surface area (Å²) < 4.78 is 0. The quantitative estimate of drug-likeness (QED) is 0.633. The fraction of sp³-hybridized carbons (Fsp3) is 0.444. The molecule has 0 bridgehead atoms. The highest BCUT2D eigenvalue weighted by molar-refractivity contribution is 5.71. The van der Waals surface area contributed by atoms with E-state index < -0.39 is 0 Å². The molecule has 2 aliphatic rings. The lowest BCUT2D eigenvalue weighted by atomic mass is 10.1. The number of hydrazone groups is 1. The van der Waals surface area contributed by atoms with E-state index in [1.54, 1.807) is 6.21 Å². The predicted octanol–water partition coefficient (Wildman–Crippen LogP) is 0.786. The van der Waals surface area contributed by atoms with Crippen molar-refractivity contribution in [2.24, 2.45) is 11.0 Å². The van der Waals surface area contributed by atoms with Crippen molar-refractivity contribution in [3.8, 4) is 0 Å². The molecule has 1 heterocycles. The average molecular weight is 164 g/mol. The van der Waals surface area contributed by atoms with Crippen LogP contribution in [-0.4, -0.2) is 17.4 Å². The second-order valence-corrected chi connectivity index (χ2v) is 3.18. The number of nitrogens with one attached hydrogen (secondary N) is 1. The van der Waals surface area contributed by atoms with Gasteiger partial charge in [0.05, 0.1) is 11.8 Å². The van der Waals surface area contributed by atoms with Gasteiger partial charge in [0.25, 0.3) is 0 Å². The molecule has 1 saturated carbocycles. The summed E-state index contributed by atoms with van der Waals surface area (Å²) in [5.74, 6) is 0.449. The highest BCUT2D eigenvalue weighted by atomic mass is 16.3. The van der Waals surface area contributed by atoms with Crippen LogP contribution >= 0.6 is 0 Å². The van der Waals surface area contributed by atoms with E-state index in [1.165, 1.54) is 0 Å². The Hall–Kier alpha value is -1.09. The normalized spacial score (nSPS) is 24.2. The monoisotopic (exact) mass is 164 g/mol. The van der Waals surface area contributed by atoms with Gasteiger partial charge in [-0.05, 0) is 30.9 Å². The van der Waals surface area contributed by atoms with Crippen molar-refractivity contribution in [3.05, 3.63) is 23.9 Å². The molecule has 3 heteroatoms. The summed E-state index contributed by atoms with van der Waals surface area (Å²) in [5.41, 5.74) is 3.63. The van der Waals surface area contributed by atoms with Crippen LogP contribution in [0.4, 0.5) is 0 Å². The summed E-state index contributed by atoms with van der Waals surface area (Å²) in [6.07, 6.45) is 9.16. The topological polar surface area (TPSA) is 44.6 Å². The predicted molar refractivity (Wildman–Crippen MR) is 47.6 cm³/mol. The van der Waals surface area contributed by atoms with Crippen LogP contribution in [0.25, 0.3) is 0 Å². The molecule has 2 N–H and O–H groups in total. The first-order valence-corrected chi connectivity index (χ1v) is 4.22. The summed E-state index contributed by atoms with van der Waals surface area (Å²) in [4.78, 5) is 0. The van der Waals surface area contributed by atoms with E-state index in [0.717, 1.165) is 18.5 Å². The van der Waals surface area contributed by atoms with Crippen LogP contribution < -0.4 is 5.43 Å². The first-order chi connectivity index (χ1) is 5.88. The van der Waals surface area contributed by atoms with Gasteiger partial charge >= 0.3 is 0 Å². The van der Waals surface area contributed by atoms with E-state index >= 15 is 0 Å². The minimum Gasteiger partial charge on any atom is -0.387 e. The minimum absolute atomic E-state index is 0.357. The van der Waals surface area contributed by atoms with Crippen molar-refractivity contribution in [1.29, 1.82) is 0 Å². The van der Waals surface area contributed by atoms with Crippen LogP contribution in [0.1, 0.15) is 12.8 Å². The van der Waals surface area contributed by atoms with Gasteiger partial charge in [0, 0.05) is 6.21 Å². The molecule has 0 saturated heterocycles. The van der Waals surface area contributed by atoms with Crippen LogP contribution in [0.3, 0.4) is 0 Å². The van der Waals surface area contributed by atoms with Gasteiger partial charge < -0.3 is 5.11 Å². The zero-order valence-corrected chi connectivity index (χ0v) is 6.77. The SMILES string of the molecule is OC(C1=CC=CC=NN1)C1CC1. The van der Waals surface area contributed by atoms with Gasteiger partial charge in [-0.25, -0.2) is 0 Å². The van der Waals surface area contributed by atoms with Gasteiger partial charge in [0.1, 0.15) is 0 Å². The van der Waals surface area contributed by atoms with Crippen molar-refractivity contribution in [1.82, 2.24) is 5.43 Å². The van der Waals surface area contributed by atoms with Crippen LogP contribution in [-0.2, 0) is 0 Å². The molecule has 1 aliphatic heterocycles. The second-order valence-electron chi connectivity index (χ2n) is 3.18. The van der Waals surface area contributed by atoms with Crippen molar-refractivity contribution in [2.75, 3.05) is 0 Å². The molecule has 2 rings (SSSR count). The van der Waals surface area contributed by atoms with E-state index in [-0.39, 0.29) is 6.10 Å². The highest BCUT2D eigenvalue weighted by Crippen LogP contribution is 2.35. The molecule has 3 nitrogen and oxygen atoms in total. The van der Waals surface area contributed by atoms with Crippen molar-refractivity contribution in [3.63, 3.8) is 0 Å². The van der Waals surface area contributed by atoms with Gasteiger partial charge in [-0.2, -0.15) is 5.10 Å². The van der Waals surface area contributed by atoms with Crippen molar-refractivity contribution in [2.45, 2.75) is 18.9 Å². The van der Waals surface area contributed by atoms with Crippen LogP contribution in [0.15, 0.2) is 29.0 Å². The van der Waals surface area contributed by atoms with Crippen LogP contribution in [0, 0.1) is 5.92 Å². The van der Waals surface area contributed by atoms with Gasteiger partial charge in [0.2, 0.25) is 0 Å². The molecule has 1 aliphatic carbocycles. The third kappa shape index (κ3) is 1.56. The highest BCUT2D eigenvalue weighted by Gasteiger charge is 2.32. The van der Waals surface area contributed by atoms with Gasteiger partial charge in [-0.15, -0.1) is 0 Å². The van der Waals surface area contributed by atoms with E-state index in [1.807, 2.05) is 18.2 Å². The van der Waals surface area contributed by atoms with Crippen molar-refractivity contribution >= 4 is 6.21 Å². The Morgan fingerprint density at radius 1 is 1.50 bits per heavy atom. The number of nitrogens with zero attached hydrogens (tertiary/aromatic N) is 1. The van der Waals surface area contributed by atoms with Crippen molar-refractivity contribution < 1.29 is 5.11 Å². The molecule has 0 aromatic carbocycles. The van der Waals surface area contributed by atoms with E-state index in [9.17, 15) is 5.11 Å². The minimum atomic E-state index is -0.357. The molecule has 0 spiro atoms. The number of rotatable bonds is 2. The Morgan fingerprint density at radius 2 is 2.33 bits per heavy atom. The smallest absolute Gasteiger partial charge is 0.0981 e. The Balaban J connectivity index is 2.05. The first-order valence-electron chi connectivity index (χ1n) is 4.22. The molecule has 1 unspecified atom stereocenters. The lowest BCUT2D eigenvalue weighted by molar-refractivity contribution is 0.179. The molecule has 12 heavy (non-hydrogen) atoms. The maximum Gasteiger partial charge on any atom is 0.0981 e. The van der Waals surface area contributed by atoms with E-state index in [4.69, 9.17) is 0 Å². The maximum absolute atomic E-state index is 9.70. The molecule has 0 radical (unpaired) electrons. The Kier molecular flexibility index (Phi) is 1.96. The Bertz CT molecular complexity index is 251. The molecule has 64 valence electrons. The summed E-state index contributed by atoms with van der Waals surface area (Å²) in [6.45, 7) is 0. The largest absolute Gasteiger partial charge is 0.387 e. The summed E-state index contributed by atoms with van der Waals surface area (Å²) in [7, 11) is 0. The zero-order valence-electron chi connectivity index (χ0n) is 6.77. The van der Waals surface area contributed by atoms with E-state index in [0.29, 0.717) is 5.92 Å². The van der Waals surface area contributed by atoms with Gasteiger partial charge in [-0.1, -0.05) is 6.08 Å².